The zero-order valence-corrected chi connectivity index (χ0v) is 8.65. The van der Waals surface area contributed by atoms with Crippen molar-refractivity contribution in [2.45, 2.75) is 51.2 Å². The molecule has 2 rings (SSSR count). The first kappa shape index (κ1) is 8.22. The van der Waals surface area contributed by atoms with E-state index in [4.69, 9.17) is 1.37 Å². The van der Waals surface area contributed by atoms with Crippen LogP contribution in [0.25, 0.3) is 0 Å². The number of fused-ring (bicyclic) bond motifs is 1. The first-order valence-electron chi connectivity index (χ1n) is 5.88. The summed E-state index contributed by atoms with van der Waals surface area (Å²) in [4.78, 5) is 2.22. The molecule has 1 nitrogen and oxygen atoms in total. The van der Waals surface area contributed by atoms with Crippen molar-refractivity contribution >= 4 is 0 Å². The van der Waals surface area contributed by atoms with Crippen molar-refractivity contribution in [1.29, 1.82) is 0 Å². The van der Waals surface area contributed by atoms with Crippen molar-refractivity contribution in [3.63, 3.8) is 0 Å². The highest BCUT2D eigenvalue weighted by atomic mass is 19.1. The van der Waals surface area contributed by atoms with Gasteiger partial charge in [0, 0.05) is 12.1 Å². The predicted octanol–water partition coefficient (Wildman–Crippen LogP) is 2.61. The summed E-state index contributed by atoms with van der Waals surface area (Å²) in [5, 5.41) is 0. The van der Waals surface area contributed by atoms with Gasteiger partial charge in [0.2, 0.25) is 0 Å². The van der Waals surface area contributed by atoms with Gasteiger partial charge in [0.15, 0.2) is 0 Å². The van der Waals surface area contributed by atoms with Gasteiger partial charge in [0.05, 0.1) is 1.37 Å². The van der Waals surface area contributed by atoms with Gasteiger partial charge in [-0.05, 0) is 38.1 Å². The Hall–Kier alpha value is -0.110. The van der Waals surface area contributed by atoms with E-state index in [1.807, 2.05) is 0 Å². The zero-order chi connectivity index (χ0) is 10.4. The van der Waals surface area contributed by atoms with Crippen LogP contribution in [-0.2, 0) is 0 Å². The molecule has 2 aliphatic heterocycles. The molecule has 0 aromatic heterocycles. The third-order valence-electron chi connectivity index (χ3n) is 3.41. The smallest absolute Gasteiger partial charge is 0.115 e. The molecule has 0 saturated carbocycles. The highest BCUT2D eigenvalue weighted by molar-refractivity contribution is 5.03. The molecule has 2 saturated heterocycles. The molecular formula is C11H20FN. The first-order valence-corrected chi connectivity index (χ1v) is 5.38. The highest BCUT2D eigenvalue weighted by Gasteiger charge is 2.48. The van der Waals surface area contributed by atoms with Crippen LogP contribution in [0.2, 0.25) is 0 Å². The van der Waals surface area contributed by atoms with E-state index >= 15 is 0 Å². The molecule has 0 unspecified atom stereocenters. The summed E-state index contributed by atoms with van der Waals surface area (Å²) in [5.74, 6) is 0.601. The van der Waals surface area contributed by atoms with Gasteiger partial charge in [0.25, 0.3) is 0 Å². The summed E-state index contributed by atoms with van der Waals surface area (Å²) < 4.78 is 21.2. The number of nitrogens with zero attached hydrogens (tertiary/aromatic N) is 1. The van der Waals surface area contributed by atoms with Gasteiger partial charge < -0.3 is 0 Å². The molecule has 0 spiro atoms. The molecule has 2 heterocycles. The lowest BCUT2D eigenvalue weighted by molar-refractivity contribution is 0.163. The van der Waals surface area contributed by atoms with Crippen LogP contribution in [-0.4, -0.2) is 29.7 Å². The van der Waals surface area contributed by atoms with E-state index < -0.39 is 6.15 Å². The molecule has 0 aromatic rings. The Morgan fingerprint density at radius 3 is 3.15 bits per heavy atom. The Balaban J connectivity index is 2.15. The quantitative estimate of drug-likeness (QED) is 0.640. The fraction of sp³-hybridized carbons (Fsp3) is 1.00. The summed E-state index contributed by atoms with van der Waals surface area (Å²) >= 11 is 0. The van der Waals surface area contributed by atoms with Crippen LogP contribution < -0.4 is 0 Å². The molecule has 0 amide bonds. The molecule has 2 aliphatic rings. The van der Waals surface area contributed by atoms with Crippen LogP contribution in [0.3, 0.4) is 0 Å². The molecule has 0 aromatic carbocycles. The van der Waals surface area contributed by atoms with Gasteiger partial charge in [-0.25, -0.2) is 4.39 Å². The van der Waals surface area contributed by atoms with E-state index in [9.17, 15) is 4.39 Å². The fourth-order valence-corrected chi connectivity index (χ4v) is 3.12. The second kappa shape index (κ2) is 3.23. The molecular weight excluding hydrogens is 165 g/mol. The second-order valence-corrected chi connectivity index (χ2v) is 5.04. The molecule has 2 atom stereocenters. The molecule has 0 radical (unpaired) electrons. The molecule has 76 valence electrons. The van der Waals surface area contributed by atoms with Crippen LogP contribution >= 0.6 is 0 Å². The minimum atomic E-state index is -1.69. The summed E-state index contributed by atoms with van der Waals surface area (Å²) in [6.07, 6.45) is 2.07. The minimum Gasteiger partial charge on any atom is -0.295 e. The van der Waals surface area contributed by atoms with E-state index in [2.05, 4.69) is 18.7 Å². The molecule has 13 heavy (non-hydrogen) atoms. The Bertz CT molecular complexity index is 229. The predicted molar refractivity (Wildman–Crippen MR) is 52.5 cm³/mol. The summed E-state index contributed by atoms with van der Waals surface area (Å²) in [6, 6.07) is 0. The van der Waals surface area contributed by atoms with E-state index in [-0.39, 0.29) is 5.54 Å². The van der Waals surface area contributed by atoms with Gasteiger partial charge in [-0.1, -0.05) is 13.8 Å². The van der Waals surface area contributed by atoms with E-state index in [1.165, 1.54) is 6.42 Å². The lowest BCUT2D eigenvalue weighted by Crippen LogP contribution is -2.39. The van der Waals surface area contributed by atoms with Crippen molar-refractivity contribution in [1.82, 2.24) is 4.90 Å². The maximum atomic E-state index is 13.7. The average Bonchev–Trinajstić information content (AvgIpc) is 2.37. The summed E-state index contributed by atoms with van der Waals surface area (Å²) in [5.41, 5.74) is 0.0324. The van der Waals surface area contributed by atoms with Gasteiger partial charge in [-0.15, -0.1) is 0 Å². The van der Waals surface area contributed by atoms with Gasteiger partial charge >= 0.3 is 0 Å². The molecule has 2 heteroatoms. The van der Waals surface area contributed by atoms with E-state index in [0.29, 0.717) is 18.9 Å². The van der Waals surface area contributed by atoms with Crippen molar-refractivity contribution in [3.8, 4) is 0 Å². The molecule has 0 bridgehead atoms. The monoisotopic (exact) mass is 186 g/mol. The average molecular weight is 186 g/mol. The van der Waals surface area contributed by atoms with Crippen molar-refractivity contribution in [3.05, 3.63) is 0 Å². The molecule has 2 fully saturated rings. The number of halogens is 1. The van der Waals surface area contributed by atoms with E-state index in [0.717, 1.165) is 19.4 Å². The number of hydrogen-bond donors (Lipinski definition) is 0. The maximum absolute atomic E-state index is 13.7. The van der Waals surface area contributed by atoms with Crippen LogP contribution in [0, 0.1) is 5.92 Å². The van der Waals surface area contributed by atoms with Crippen molar-refractivity contribution in [2.75, 3.05) is 13.1 Å². The third kappa shape index (κ3) is 1.61. The van der Waals surface area contributed by atoms with Gasteiger partial charge in [-0.2, -0.15) is 0 Å². The first-order chi connectivity index (χ1) is 6.44. The number of alkyl halides is 1. The number of hydrogen-bond acceptors (Lipinski definition) is 1. The topological polar surface area (TPSA) is 3.24 Å². The normalized spacial score (nSPS) is 46.9. The summed E-state index contributed by atoms with van der Waals surface area (Å²) in [7, 11) is 0. The summed E-state index contributed by atoms with van der Waals surface area (Å²) in [6.45, 7) is 5.71. The zero-order valence-electron chi connectivity index (χ0n) is 9.65. The van der Waals surface area contributed by atoms with Crippen LogP contribution in [0.4, 0.5) is 4.39 Å². The minimum absolute atomic E-state index is 0.0324. The Morgan fingerprint density at radius 2 is 2.46 bits per heavy atom. The molecule has 0 aliphatic carbocycles. The van der Waals surface area contributed by atoms with Crippen LogP contribution in [0.5, 0.6) is 0 Å². The second-order valence-electron chi connectivity index (χ2n) is 5.04. The SMILES string of the molecule is [2H][C@]1(F)CN2CCC[C@@]2(CC(C)C)C1. The van der Waals surface area contributed by atoms with Gasteiger partial charge in [-0.3, -0.25) is 4.90 Å². The van der Waals surface area contributed by atoms with Crippen molar-refractivity contribution in [2.24, 2.45) is 5.92 Å². The molecule has 0 N–H and O–H groups in total. The van der Waals surface area contributed by atoms with Crippen molar-refractivity contribution < 1.29 is 5.76 Å². The Kier molecular flexibility index (Phi) is 2.04. The lowest BCUT2D eigenvalue weighted by atomic mass is 9.85. The van der Waals surface area contributed by atoms with E-state index in [1.54, 1.807) is 0 Å². The van der Waals surface area contributed by atoms with Gasteiger partial charge in [0.1, 0.15) is 6.15 Å². The fourth-order valence-electron chi connectivity index (χ4n) is 3.12. The van der Waals surface area contributed by atoms with Crippen LogP contribution in [0.1, 0.15) is 40.9 Å². The Labute approximate surface area is 81.7 Å². The standard InChI is InChI=1S/C11H20FN/c1-9(2)6-11-4-3-5-13(11)8-10(12)7-11/h9-10H,3-8H2,1-2H3/t10-,11-/m1/s1/i10D. The van der Waals surface area contributed by atoms with Crippen LogP contribution in [0.15, 0.2) is 0 Å². The number of rotatable bonds is 2. The maximum Gasteiger partial charge on any atom is 0.115 e. The third-order valence-corrected chi connectivity index (χ3v) is 3.41. The lowest BCUT2D eigenvalue weighted by Gasteiger charge is -2.33. The highest BCUT2D eigenvalue weighted by Crippen LogP contribution is 2.43. The Morgan fingerprint density at radius 1 is 1.69 bits per heavy atom. The largest absolute Gasteiger partial charge is 0.295 e.